The third-order valence-corrected chi connectivity index (χ3v) is 33.7. The lowest BCUT2D eigenvalue weighted by Crippen LogP contribution is -2.68. The van der Waals surface area contributed by atoms with Gasteiger partial charge in [-0.15, -0.1) is 13.2 Å². The maximum Gasteiger partial charge on any atom is 0.333 e. The predicted molar refractivity (Wildman–Crippen MR) is 474 cm³/mol. The number of ether oxygens (including phenoxy) is 18. The van der Waals surface area contributed by atoms with E-state index in [4.69, 9.17) is 85.3 Å². The molecule has 43 nitrogen and oxygen atoms in total. The molecule has 8 aliphatic heterocycles. The highest BCUT2D eigenvalue weighted by Gasteiger charge is 2.72. The normalized spacial score (nSPS) is 48.8. The van der Waals surface area contributed by atoms with Gasteiger partial charge in [0.1, 0.15) is 159 Å². The zero-order valence-electron chi connectivity index (χ0n) is 81.5. The minimum Gasteiger partial charge on any atom is -0.462 e. The van der Waals surface area contributed by atoms with Crippen LogP contribution in [0.3, 0.4) is 0 Å². The van der Waals surface area contributed by atoms with E-state index in [1.54, 1.807) is 33.8 Å². The molecular weight excluding hydrogens is 1840 g/mol. The SMILES string of the molecule is C=C[C@@](C)(O)CC/C=C(\C)C(=O)O[C@H]1[C@H](O)[C@@H](O)[C@H](O[C@](C)(C=C)CCC[C@H](C)C(=O)O[C@H]2C[C@]3(C(=O)O[C@@H]4O[C@H](CO)[C@@H](O)[C@H](O)[C@H]4O[C@H]4O[C@@H](C)[C@H](O[C@@H]5O[C@@H](CO)[C@H](O)[C@H]5O)[C@@H](O[C@@H]5O[C@H](CO)[C@@H](O)[C@H](O)[C@H]5O)[C@H]4O)CC[C@]4(C)C(=CC[C@@H]5[C@@]6(C)CC[C@H](O[C@@H]7O[C@H](CO[C@@H]8O[C@H](C)[C@H](O)[C@H](O)[C@H]8O[C@@H]8OC[C@@H](O)[C@H](O)[C@H]8O)[C@@H](O)[C@H](O)[C@H]7O)C(C)(C)[C@@H]6CC[C@]54C)[C@@H]3CC2(C)C)O[C@@H]1C. The molecule has 22 N–H and O–H groups in total. The number of hydrogen-bond donors (Lipinski definition) is 22. The Morgan fingerprint density at radius 1 is 0.496 bits per heavy atom. The zero-order valence-corrected chi connectivity index (χ0v) is 81.5. The smallest absolute Gasteiger partial charge is 0.333 e. The lowest BCUT2D eigenvalue weighted by molar-refractivity contribution is -0.390. The number of allylic oxidation sites excluding steroid dienone is 3. The van der Waals surface area contributed by atoms with Crippen LogP contribution in [0.15, 0.2) is 48.6 Å². The first-order chi connectivity index (χ1) is 65.1. The molecule has 50 atom stereocenters. The van der Waals surface area contributed by atoms with Gasteiger partial charge in [-0.25, -0.2) is 4.79 Å². The zero-order chi connectivity index (χ0) is 102. The number of esters is 3. The maximum atomic E-state index is 16.8. The van der Waals surface area contributed by atoms with Crippen LogP contribution in [-0.4, -0.2) is 420 Å². The molecule has 13 aliphatic rings. The largest absolute Gasteiger partial charge is 0.462 e. The summed E-state index contributed by atoms with van der Waals surface area (Å²) in [5.74, 6) is -4.02. The Bertz CT molecular complexity index is 4200. The van der Waals surface area contributed by atoms with Crippen molar-refractivity contribution in [1.82, 2.24) is 0 Å². The van der Waals surface area contributed by atoms with Crippen molar-refractivity contribution in [3.05, 3.63) is 48.6 Å². The van der Waals surface area contributed by atoms with E-state index in [2.05, 4.69) is 53.9 Å². The van der Waals surface area contributed by atoms with E-state index in [0.29, 0.717) is 44.9 Å². The number of rotatable bonds is 33. The lowest BCUT2D eigenvalue weighted by Gasteiger charge is -2.71. The molecule has 12 fully saturated rings. The van der Waals surface area contributed by atoms with Crippen LogP contribution in [0.4, 0.5) is 0 Å². The molecule has 8 heterocycles. The molecule has 796 valence electrons. The third kappa shape index (κ3) is 21.9. The second-order valence-electron chi connectivity index (χ2n) is 43.7. The number of hydrogen-bond acceptors (Lipinski definition) is 43. The van der Waals surface area contributed by atoms with Crippen molar-refractivity contribution >= 4 is 17.9 Å². The molecule has 0 aromatic heterocycles. The van der Waals surface area contributed by atoms with Gasteiger partial charge in [0.25, 0.3) is 0 Å². The highest BCUT2D eigenvalue weighted by molar-refractivity contribution is 5.88. The summed E-state index contributed by atoms with van der Waals surface area (Å²) in [6.45, 7) is 29.6. The van der Waals surface area contributed by atoms with Gasteiger partial charge in [0.05, 0.1) is 80.0 Å². The standard InChI is InChI=1S/C96H154O43/c1-17-91(12,121)27-19-21-41(4)79(119)133-73-43(6)126-85(71(116)66(73)111)139-92(13,18-2)28-20-22-40(3)78(118)131-55-34-96(88(120)138-87-77(65(110)59(104)49(36-98)129-87)137-84-72(117)75(135-83-70(115)62(107)58(103)48(35-97)127-83)74(44(7)125-84)134-82-68(113)60(105)50(37-99)128-82)32-31-94(15)45(46(96)33-89(55,8)9)23-24-53-93(14)29-26-54(90(10,11)52(93)25-30-95(53,94)16)132-81-69(114)63(108)61(106)51(130-81)39-123-86-76(64(109)56(101)42(5)124-86)136-80-67(112)57(102)47(100)38-122-80/h17-18,21,23,40,42-44,46-77,80-87,97-117,121H,1-2,19-20,22,24-39H2,3-16H3/b41-21+/t40-,42+,43+,44-,46-,47+,48+,49+,50-,51+,52-,53+,54-,55-,56-,57-,58+,59+,60-,61+,62-,63-,64-,65-,66+,67+,68+,69+,70+,71+,72+,73+,74-,75-,76+,77+,80-,81-,82-,83-,84+,85-,86+,87-,91+,92+,93-,94+,95+,96+/m0/s1. The summed E-state index contributed by atoms with van der Waals surface area (Å²) in [6, 6.07) is 0. The first-order valence-electron chi connectivity index (χ1n) is 48.9. The average molecular weight is 2000 g/mol. The van der Waals surface area contributed by atoms with Crippen LogP contribution in [0.25, 0.3) is 0 Å². The fourth-order valence-corrected chi connectivity index (χ4v) is 24.3. The van der Waals surface area contributed by atoms with E-state index in [0.717, 1.165) is 5.57 Å². The van der Waals surface area contributed by atoms with Crippen molar-refractivity contribution < 1.29 is 212 Å². The van der Waals surface area contributed by atoms with Gasteiger partial charge in [0.15, 0.2) is 56.2 Å². The molecule has 8 saturated heterocycles. The predicted octanol–water partition coefficient (Wildman–Crippen LogP) is -2.90. The van der Waals surface area contributed by atoms with Crippen molar-refractivity contribution in [3.8, 4) is 0 Å². The summed E-state index contributed by atoms with van der Waals surface area (Å²) in [4.78, 5) is 45.1. The van der Waals surface area contributed by atoms with Crippen LogP contribution in [0.5, 0.6) is 0 Å². The van der Waals surface area contributed by atoms with Crippen molar-refractivity contribution in [3.63, 3.8) is 0 Å². The van der Waals surface area contributed by atoms with Gasteiger partial charge in [-0.3, -0.25) is 9.59 Å². The van der Waals surface area contributed by atoms with Crippen LogP contribution in [-0.2, 0) is 99.6 Å². The monoisotopic (exact) mass is 1990 g/mol. The Balaban J connectivity index is 0.756. The third-order valence-electron chi connectivity index (χ3n) is 33.7. The molecule has 0 bridgehead atoms. The second kappa shape index (κ2) is 44.0. The minimum absolute atomic E-state index is 0.0468. The number of fused-ring (bicyclic) bond motifs is 7. The molecule has 0 aromatic carbocycles. The summed E-state index contributed by atoms with van der Waals surface area (Å²) in [5, 5.41) is 244. The lowest BCUT2D eigenvalue weighted by atomic mass is 9.33. The first kappa shape index (κ1) is 112. The Hall–Kier alpha value is -4.11. The molecule has 0 aromatic rings. The number of carbonyl (C=O) groups is 3. The van der Waals surface area contributed by atoms with E-state index in [-0.39, 0.29) is 62.4 Å². The molecule has 0 spiro atoms. The van der Waals surface area contributed by atoms with E-state index in [9.17, 15) is 117 Å². The highest BCUT2D eigenvalue weighted by Crippen LogP contribution is 2.76. The Morgan fingerprint density at radius 3 is 1.63 bits per heavy atom. The molecule has 13 rings (SSSR count). The van der Waals surface area contributed by atoms with Gasteiger partial charge >= 0.3 is 17.9 Å². The average Bonchev–Trinajstić information content (AvgIpc) is 0.758. The molecule has 43 heteroatoms. The topological polar surface area (TPSA) is 662 Å². The highest BCUT2D eigenvalue weighted by atomic mass is 16.8. The van der Waals surface area contributed by atoms with E-state index >= 15 is 9.59 Å². The summed E-state index contributed by atoms with van der Waals surface area (Å²) < 4.78 is 111. The first-order valence-corrected chi connectivity index (χ1v) is 48.9. The summed E-state index contributed by atoms with van der Waals surface area (Å²) in [7, 11) is 0. The maximum absolute atomic E-state index is 16.8. The molecular formula is C96H154O43. The number of carbonyl (C=O) groups excluding carboxylic acids is 3. The second-order valence-corrected chi connectivity index (χ2v) is 43.7. The minimum atomic E-state index is -2.22. The van der Waals surface area contributed by atoms with Gasteiger partial charge < -0.3 is 198 Å². The van der Waals surface area contributed by atoms with Crippen LogP contribution in [0, 0.1) is 56.2 Å². The van der Waals surface area contributed by atoms with Crippen LogP contribution >= 0.6 is 0 Å². The fraction of sp³-hybridized carbons (Fsp3) is 0.885. The van der Waals surface area contributed by atoms with Crippen LogP contribution in [0.1, 0.15) is 187 Å². The van der Waals surface area contributed by atoms with Gasteiger partial charge in [0, 0.05) is 17.4 Å². The quantitative estimate of drug-likeness (QED) is 0.0103. The molecule has 0 amide bonds. The van der Waals surface area contributed by atoms with Crippen molar-refractivity contribution in [2.75, 3.05) is 33.0 Å². The molecule has 4 saturated carbocycles. The Kier molecular flexibility index (Phi) is 35.5. The van der Waals surface area contributed by atoms with Crippen LogP contribution < -0.4 is 0 Å². The Labute approximate surface area is 808 Å². The number of aliphatic hydroxyl groups excluding tert-OH is 21. The van der Waals surface area contributed by atoms with Crippen molar-refractivity contribution in [1.29, 1.82) is 0 Å². The van der Waals surface area contributed by atoms with Gasteiger partial charge in [-0.2, -0.15) is 0 Å². The molecule has 139 heavy (non-hydrogen) atoms. The van der Waals surface area contributed by atoms with Crippen molar-refractivity contribution in [2.45, 2.75) is 444 Å². The van der Waals surface area contributed by atoms with E-state index in [1.165, 1.54) is 32.9 Å². The van der Waals surface area contributed by atoms with Crippen LogP contribution in [0.2, 0.25) is 0 Å². The summed E-state index contributed by atoms with van der Waals surface area (Å²) >= 11 is 0. The van der Waals surface area contributed by atoms with Gasteiger partial charge in [-0.1, -0.05) is 85.3 Å². The van der Waals surface area contributed by atoms with E-state index in [1.807, 2.05) is 13.8 Å². The molecule has 5 aliphatic carbocycles. The summed E-state index contributed by atoms with van der Waals surface area (Å²) in [6.07, 6.45) is -55.7. The Morgan fingerprint density at radius 2 is 1.01 bits per heavy atom. The van der Waals surface area contributed by atoms with Gasteiger partial charge in [0.2, 0.25) is 6.29 Å². The molecule has 0 radical (unpaired) electrons. The number of aliphatic hydroxyl groups is 22. The summed E-state index contributed by atoms with van der Waals surface area (Å²) in [5.41, 5.74) is -6.27. The van der Waals surface area contributed by atoms with Crippen molar-refractivity contribution in [2.24, 2.45) is 56.2 Å². The molecule has 0 unspecified atom stereocenters. The van der Waals surface area contributed by atoms with Gasteiger partial charge in [-0.05, 0) is 164 Å². The fourth-order valence-electron chi connectivity index (χ4n) is 24.3. The van der Waals surface area contributed by atoms with E-state index < -0.39 is 352 Å².